The number of fused-ring (bicyclic) bond motifs is 1. The number of nitrogens with one attached hydrogen (secondary N) is 1. The highest BCUT2D eigenvalue weighted by Gasteiger charge is 2.43. The van der Waals surface area contributed by atoms with Gasteiger partial charge in [0, 0.05) is 50.0 Å². The minimum Gasteiger partial charge on any atom is -0.396 e. The third-order valence-electron chi connectivity index (χ3n) is 6.51. The first kappa shape index (κ1) is 20.4. The third kappa shape index (κ3) is 4.67. The second-order valence-electron chi connectivity index (χ2n) is 8.37. The van der Waals surface area contributed by atoms with Gasteiger partial charge in [0.1, 0.15) is 5.82 Å². The largest absolute Gasteiger partial charge is 0.396 e. The molecule has 1 saturated carbocycles. The van der Waals surface area contributed by atoms with Crippen LogP contribution in [0.4, 0.5) is 0 Å². The number of aromatic nitrogens is 2. The second kappa shape index (κ2) is 9.30. The van der Waals surface area contributed by atoms with Gasteiger partial charge >= 0.3 is 0 Å². The van der Waals surface area contributed by atoms with Crippen LogP contribution in [0.5, 0.6) is 0 Å². The zero-order valence-electron chi connectivity index (χ0n) is 17.0. The van der Waals surface area contributed by atoms with E-state index in [1.54, 1.807) is 13.3 Å². The molecule has 2 aromatic rings. The SMILES string of the molecule is COCCc1nccc(CC2C(NC3Cc4ccccc4C3)CC(O)C2CO)n1. The highest BCUT2D eigenvalue weighted by atomic mass is 16.5. The quantitative estimate of drug-likeness (QED) is 0.623. The molecule has 0 radical (unpaired) electrons. The second-order valence-corrected chi connectivity index (χ2v) is 8.37. The van der Waals surface area contributed by atoms with Crippen molar-refractivity contribution < 1.29 is 14.9 Å². The van der Waals surface area contributed by atoms with Crippen LogP contribution in [0.3, 0.4) is 0 Å². The molecule has 29 heavy (non-hydrogen) atoms. The number of methoxy groups -OCH3 is 1. The molecule has 1 fully saturated rings. The Morgan fingerprint density at radius 1 is 1.14 bits per heavy atom. The number of aliphatic hydroxyl groups is 2. The maximum atomic E-state index is 10.6. The number of benzene rings is 1. The molecular weight excluding hydrogens is 366 g/mol. The molecule has 4 rings (SSSR count). The van der Waals surface area contributed by atoms with Gasteiger partial charge in [-0.15, -0.1) is 0 Å². The summed E-state index contributed by atoms with van der Waals surface area (Å²) in [6.07, 6.45) is 5.43. The van der Waals surface area contributed by atoms with E-state index in [0.717, 1.165) is 30.8 Å². The van der Waals surface area contributed by atoms with Crippen LogP contribution in [-0.2, 0) is 30.4 Å². The van der Waals surface area contributed by atoms with Gasteiger partial charge in [0.05, 0.1) is 12.7 Å². The van der Waals surface area contributed by atoms with Gasteiger partial charge in [-0.1, -0.05) is 24.3 Å². The fourth-order valence-corrected chi connectivity index (χ4v) is 5.03. The van der Waals surface area contributed by atoms with Gasteiger partial charge in [-0.3, -0.25) is 0 Å². The van der Waals surface area contributed by atoms with Crippen molar-refractivity contribution >= 4 is 0 Å². The number of nitrogens with zero attached hydrogens (tertiary/aromatic N) is 2. The lowest BCUT2D eigenvalue weighted by Gasteiger charge is -2.27. The smallest absolute Gasteiger partial charge is 0.130 e. The number of rotatable bonds is 8. The predicted molar refractivity (Wildman–Crippen MR) is 111 cm³/mol. The molecule has 4 unspecified atom stereocenters. The Labute approximate surface area is 172 Å². The molecule has 1 aromatic heterocycles. The van der Waals surface area contributed by atoms with Crippen LogP contribution in [0.1, 0.15) is 29.1 Å². The lowest BCUT2D eigenvalue weighted by molar-refractivity contribution is 0.0715. The summed E-state index contributed by atoms with van der Waals surface area (Å²) in [4.78, 5) is 9.01. The molecule has 156 valence electrons. The molecule has 3 N–H and O–H groups in total. The van der Waals surface area contributed by atoms with Crippen molar-refractivity contribution in [1.82, 2.24) is 15.3 Å². The summed E-state index contributed by atoms with van der Waals surface area (Å²) in [5.41, 5.74) is 3.79. The molecule has 1 heterocycles. The van der Waals surface area contributed by atoms with E-state index in [9.17, 15) is 10.2 Å². The summed E-state index contributed by atoms with van der Waals surface area (Å²) >= 11 is 0. The van der Waals surface area contributed by atoms with Gasteiger partial charge in [-0.05, 0) is 48.8 Å². The Balaban J connectivity index is 1.46. The molecule has 6 heteroatoms. The normalized spacial score (nSPS) is 26.7. The summed E-state index contributed by atoms with van der Waals surface area (Å²) in [6, 6.07) is 11.1. The standard InChI is InChI=1S/C23H31N3O3/c1-29-9-7-23-24-8-6-17(26-23)12-19-20(14-27)22(28)13-21(19)25-18-10-15-4-2-3-5-16(15)11-18/h2-6,8,18-22,25,27-28H,7,9-14H2,1H3. The first-order valence-corrected chi connectivity index (χ1v) is 10.6. The average molecular weight is 398 g/mol. The molecule has 0 amide bonds. The van der Waals surface area contributed by atoms with Gasteiger partial charge in [0.15, 0.2) is 0 Å². The van der Waals surface area contributed by atoms with Crippen molar-refractivity contribution in [2.24, 2.45) is 11.8 Å². The lowest BCUT2D eigenvalue weighted by Crippen LogP contribution is -2.43. The zero-order chi connectivity index (χ0) is 20.2. The van der Waals surface area contributed by atoms with Gasteiger partial charge in [-0.2, -0.15) is 0 Å². The van der Waals surface area contributed by atoms with E-state index >= 15 is 0 Å². The lowest BCUT2D eigenvalue weighted by atomic mass is 9.88. The topological polar surface area (TPSA) is 87.5 Å². The molecule has 0 spiro atoms. The average Bonchev–Trinajstić information content (AvgIpc) is 3.26. The molecule has 2 aliphatic carbocycles. The number of hydrogen-bond acceptors (Lipinski definition) is 6. The van der Waals surface area contributed by atoms with E-state index in [-0.39, 0.29) is 24.5 Å². The molecular formula is C23H31N3O3. The van der Waals surface area contributed by atoms with Crippen LogP contribution in [0.2, 0.25) is 0 Å². The maximum Gasteiger partial charge on any atom is 0.130 e. The van der Waals surface area contributed by atoms with Crippen LogP contribution in [-0.4, -0.2) is 58.7 Å². The minimum atomic E-state index is -0.485. The van der Waals surface area contributed by atoms with Crippen LogP contribution >= 0.6 is 0 Å². The highest BCUT2D eigenvalue weighted by molar-refractivity contribution is 5.33. The van der Waals surface area contributed by atoms with Crippen LogP contribution in [0.25, 0.3) is 0 Å². The highest BCUT2D eigenvalue weighted by Crippen LogP contribution is 2.36. The molecule has 6 nitrogen and oxygen atoms in total. The van der Waals surface area contributed by atoms with E-state index in [4.69, 9.17) is 4.74 Å². The Morgan fingerprint density at radius 3 is 2.59 bits per heavy atom. The van der Waals surface area contributed by atoms with Crippen molar-refractivity contribution in [3.63, 3.8) is 0 Å². The predicted octanol–water partition coefficient (Wildman–Crippen LogP) is 1.32. The fourth-order valence-electron chi connectivity index (χ4n) is 5.03. The summed E-state index contributed by atoms with van der Waals surface area (Å²) in [5.74, 6) is 0.789. The van der Waals surface area contributed by atoms with E-state index in [0.29, 0.717) is 25.5 Å². The monoisotopic (exact) mass is 397 g/mol. The number of ether oxygens (including phenoxy) is 1. The summed E-state index contributed by atoms with van der Waals surface area (Å²) in [5, 5.41) is 24.3. The van der Waals surface area contributed by atoms with Gasteiger partial charge in [-0.25, -0.2) is 9.97 Å². The number of aliphatic hydroxyl groups excluding tert-OH is 2. The Bertz CT molecular complexity index is 790. The third-order valence-corrected chi connectivity index (χ3v) is 6.51. The summed E-state index contributed by atoms with van der Waals surface area (Å²) < 4.78 is 5.13. The van der Waals surface area contributed by atoms with E-state index in [2.05, 4.69) is 39.6 Å². The Morgan fingerprint density at radius 2 is 1.90 bits per heavy atom. The van der Waals surface area contributed by atoms with Crippen molar-refractivity contribution in [3.05, 3.63) is 59.2 Å². The van der Waals surface area contributed by atoms with Crippen LogP contribution in [0.15, 0.2) is 36.5 Å². The molecule has 2 aliphatic rings. The summed E-state index contributed by atoms with van der Waals surface area (Å²) in [7, 11) is 1.67. The van der Waals surface area contributed by atoms with E-state index in [1.807, 2.05) is 6.07 Å². The van der Waals surface area contributed by atoms with Gasteiger partial charge < -0.3 is 20.3 Å². The van der Waals surface area contributed by atoms with Gasteiger partial charge in [0.2, 0.25) is 0 Å². The Hall–Kier alpha value is -1.86. The van der Waals surface area contributed by atoms with E-state index in [1.165, 1.54) is 11.1 Å². The minimum absolute atomic E-state index is 0.00345. The molecule has 4 atom stereocenters. The first-order valence-electron chi connectivity index (χ1n) is 10.6. The van der Waals surface area contributed by atoms with Crippen molar-refractivity contribution in [2.45, 2.75) is 50.3 Å². The summed E-state index contributed by atoms with van der Waals surface area (Å²) in [6.45, 7) is 0.591. The van der Waals surface area contributed by atoms with E-state index < -0.39 is 6.10 Å². The zero-order valence-corrected chi connectivity index (χ0v) is 17.0. The molecule has 1 aromatic carbocycles. The van der Waals surface area contributed by atoms with Crippen LogP contribution in [0, 0.1) is 11.8 Å². The fraction of sp³-hybridized carbons (Fsp3) is 0.565. The van der Waals surface area contributed by atoms with Gasteiger partial charge in [0.25, 0.3) is 0 Å². The van der Waals surface area contributed by atoms with Crippen molar-refractivity contribution in [3.8, 4) is 0 Å². The molecule has 0 aliphatic heterocycles. The first-order chi connectivity index (χ1) is 14.2. The maximum absolute atomic E-state index is 10.6. The number of hydrogen-bond donors (Lipinski definition) is 3. The van der Waals surface area contributed by atoms with Crippen molar-refractivity contribution in [2.75, 3.05) is 20.3 Å². The van der Waals surface area contributed by atoms with Crippen molar-refractivity contribution in [1.29, 1.82) is 0 Å². The molecule has 0 bridgehead atoms. The van der Waals surface area contributed by atoms with Crippen LogP contribution < -0.4 is 5.32 Å². The molecule has 0 saturated heterocycles. The Kier molecular flexibility index (Phi) is 6.55.